The van der Waals surface area contributed by atoms with Crippen LogP contribution >= 0.6 is 0 Å². The number of nitrogens with zero attached hydrogens (tertiary/aromatic N) is 1. The lowest BCUT2D eigenvalue weighted by Crippen LogP contribution is -2.15. The molecule has 0 fully saturated rings. The molecule has 0 aromatic heterocycles. The van der Waals surface area contributed by atoms with Crippen molar-refractivity contribution in [2.75, 3.05) is 0 Å². The quantitative estimate of drug-likeness (QED) is 0.326. The van der Waals surface area contributed by atoms with E-state index >= 15 is 0 Å². The van der Waals surface area contributed by atoms with E-state index in [1.165, 1.54) is 0 Å². The number of hydrogen-bond donors (Lipinski definition) is 3. The fraction of sp³-hybridized carbons (Fsp3) is 0.300. The van der Waals surface area contributed by atoms with Gasteiger partial charge in [0.2, 0.25) is 5.91 Å². The number of carbonyl (C=O) groups is 1. The summed E-state index contributed by atoms with van der Waals surface area (Å²) in [5.41, 5.74) is 7.29. The first-order valence-corrected chi connectivity index (χ1v) is 8.11. The minimum absolute atomic E-state index is 0. The van der Waals surface area contributed by atoms with Crippen LogP contribution in [0.1, 0.15) is 39.7 Å². The maximum absolute atomic E-state index is 11.7. The first kappa shape index (κ1) is 23.5. The minimum atomic E-state index is -0.403. The van der Waals surface area contributed by atoms with Crippen molar-refractivity contribution in [1.82, 2.24) is 6.15 Å². The van der Waals surface area contributed by atoms with Crippen LogP contribution in [0.4, 0.5) is 0 Å². The van der Waals surface area contributed by atoms with E-state index in [-0.39, 0.29) is 19.3 Å². The highest BCUT2D eigenvalue weighted by Crippen LogP contribution is 2.04. The molecule has 26 heavy (non-hydrogen) atoms. The number of hydrogen-bond acceptors (Lipinski definition) is 4. The predicted molar refractivity (Wildman–Crippen MR) is 108 cm³/mol. The molecule has 1 amide bonds. The summed E-state index contributed by atoms with van der Waals surface area (Å²) in [6.07, 6.45) is 1.06. The van der Waals surface area contributed by atoms with Crippen LogP contribution in [0.2, 0.25) is 0 Å². The lowest BCUT2D eigenvalue weighted by Gasteiger charge is -2.10. The van der Waals surface area contributed by atoms with Crippen LogP contribution in [-0.4, -0.2) is 22.6 Å². The van der Waals surface area contributed by atoms with E-state index in [9.17, 15) is 4.79 Å². The Labute approximate surface area is 156 Å². The Morgan fingerprint density at radius 2 is 1.54 bits per heavy atom. The van der Waals surface area contributed by atoms with Gasteiger partial charge in [0.1, 0.15) is 5.84 Å². The Bertz CT molecular complexity index is 672. The Morgan fingerprint density at radius 3 is 2.00 bits per heavy atom. The molecule has 0 saturated heterocycles. The average Bonchev–Trinajstić information content (AvgIpc) is 2.61. The molecule has 6 N–H and O–H groups in total. The molecule has 6 nitrogen and oxygen atoms in total. The Morgan fingerprint density at radius 1 is 1.08 bits per heavy atom. The highest BCUT2D eigenvalue weighted by molar-refractivity contribution is 6.04. The summed E-state index contributed by atoms with van der Waals surface area (Å²) in [5.74, 6) is 0.0869. The second kappa shape index (κ2) is 11.9. The first-order chi connectivity index (χ1) is 11.8. The summed E-state index contributed by atoms with van der Waals surface area (Å²) in [6.45, 7) is 5.31. The smallest absolute Gasteiger partial charge is 0.247 e. The number of amides is 1. The van der Waals surface area contributed by atoms with Gasteiger partial charge in [-0.1, -0.05) is 60.7 Å². The molecular formula is C20H31N3O3. The minimum Gasteiger partial charge on any atom is -0.383 e. The van der Waals surface area contributed by atoms with Gasteiger partial charge in [-0.2, -0.15) is 4.99 Å². The van der Waals surface area contributed by atoms with Crippen LogP contribution in [0, 0.1) is 0 Å². The summed E-state index contributed by atoms with van der Waals surface area (Å²) in [5, 5.41) is 7.90. The second-order valence-electron chi connectivity index (χ2n) is 6.45. The molecule has 0 unspecified atom stereocenters. The van der Waals surface area contributed by atoms with Gasteiger partial charge in [-0.3, -0.25) is 10.1 Å². The highest BCUT2D eigenvalue weighted by Gasteiger charge is 2.07. The number of nitrogens with two attached hydrogens (primary N) is 1. The van der Waals surface area contributed by atoms with Gasteiger partial charge < -0.3 is 11.9 Å². The number of aliphatic imine (C=N–C) groups is 1. The van der Waals surface area contributed by atoms with E-state index in [1.54, 1.807) is 20.8 Å². The molecule has 0 aliphatic carbocycles. The molecule has 144 valence electrons. The van der Waals surface area contributed by atoms with Crippen molar-refractivity contribution in [1.29, 1.82) is 0 Å². The van der Waals surface area contributed by atoms with Gasteiger partial charge in [-0.15, -0.1) is 0 Å². The molecule has 0 spiro atoms. The Kier molecular flexibility index (Phi) is 10.8. The van der Waals surface area contributed by atoms with Gasteiger partial charge in [0.25, 0.3) is 0 Å². The van der Waals surface area contributed by atoms with Gasteiger partial charge in [-0.05, 0) is 32.8 Å². The zero-order valence-electron chi connectivity index (χ0n) is 15.7. The van der Waals surface area contributed by atoms with E-state index in [0.29, 0.717) is 12.8 Å². The molecule has 2 rings (SSSR count). The van der Waals surface area contributed by atoms with E-state index in [4.69, 9.17) is 11.0 Å². The average molecular weight is 361 g/mol. The van der Waals surface area contributed by atoms with Crippen LogP contribution < -0.4 is 11.9 Å². The molecule has 0 atom stereocenters. The maximum atomic E-state index is 11.7. The summed E-state index contributed by atoms with van der Waals surface area (Å²) < 4.78 is 0. The molecular weight excluding hydrogens is 330 g/mol. The normalized spacial score (nSPS) is 11.0. The van der Waals surface area contributed by atoms with E-state index < -0.39 is 5.60 Å². The molecule has 2 aromatic carbocycles. The number of carbonyl (C=O) groups excluding carboxylic acids is 1. The van der Waals surface area contributed by atoms with Crippen LogP contribution in [0.25, 0.3) is 0 Å². The fourth-order valence-electron chi connectivity index (χ4n) is 1.76. The van der Waals surface area contributed by atoms with Crippen molar-refractivity contribution in [3.63, 3.8) is 0 Å². The van der Waals surface area contributed by atoms with Gasteiger partial charge in [0, 0.05) is 13.4 Å². The third-order valence-corrected chi connectivity index (χ3v) is 3.06. The summed E-state index contributed by atoms with van der Waals surface area (Å²) >= 11 is 0. The largest absolute Gasteiger partial charge is 0.383 e. The van der Waals surface area contributed by atoms with Crippen molar-refractivity contribution in [3.05, 3.63) is 71.8 Å². The molecule has 6 heteroatoms. The highest BCUT2D eigenvalue weighted by atomic mass is 17.1. The topological polar surface area (TPSA) is 120 Å². The number of amidine groups is 1. The number of benzene rings is 2. The Balaban J connectivity index is 0. The fourth-order valence-corrected chi connectivity index (χ4v) is 1.76. The van der Waals surface area contributed by atoms with Crippen molar-refractivity contribution < 1.29 is 16.4 Å². The number of rotatable bonds is 4. The SMILES string of the molecule is CC(C)(C)OO.N.NC(=NC(=O)CCc1ccccc1)c1ccccc1.[HH]. The van der Waals surface area contributed by atoms with Crippen molar-refractivity contribution in [2.45, 2.75) is 39.2 Å². The van der Waals surface area contributed by atoms with Crippen LogP contribution in [-0.2, 0) is 16.1 Å². The predicted octanol–water partition coefficient (Wildman–Crippen LogP) is 4.23. The molecule has 2 aromatic rings. The van der Waals surface area contributed by atoms with Crippen molar-refractivity contribution in [2.24, 2.45) is 10.7 Å². The van der Waals surface area contributed by atoms with Gasteiger partial charge in [-0.25, -0.2) is 4.89 Å². The Hall–Kier alpha value is -2.54. The molecule has 0 heterocycles. The van der Waals surface area contributed by atoms with E-state index in [0.717, 1.165) is 11.1 Å². The van der Waals surface area contributed by atoms with Gasteiger partial charge in [0.05, 0.1) is 5.60 Å². The van der Waals surface area contributed by atoms with Crippen molar-refractivity contribution >= 4 is 11.7 Å². The monoisotopic (exact) mass is 361 g/mol. The van der Waals surface area contributed by atoms with Gasteiger partial charge in [0.15, 0.2) is 0 Å². The standard InChI is InChI=1S/C16H16N2O.C4H10O2.H3N.H2/c17-16(14-9-5-2-6-10-14)18-15(19)12-11-13-7-3-1-4-8-13;1-4(2,3)6-5;;/h1-10H,11-12H2,(H2,17,18,19);5H,1-3H3;1H3;1H. The molecule has 0 bridgehead atoms. The number of aryl methyl sites for hydroxylation is 1. The van der Waals surface area contributed by atoms with E-state index in [1.807, 2.05) is 60.7 Å². The second-order valence-corrected chi connectivity index (χ2v) is 6.45. The van der Waals surface area contributed by atoms with Gasteiger partial charge >= 0.3 is 0 Å². The van der Waals surface area contributed by atoms with Crippen molar-refractivity contribution in [3.8, 4) is 0 Å². The van der Waals surface area contributed by atoms with Crippen LogP contribution in [0.15, 0.2) is 65.7 Å². The zero-order valence-corrected chi connectivity index (χ0v) is 15.7. The molecule has 0 aliphatic rings. The molecule has 0 aliphatic heterocycles. The van der Waals surface area contributed by atoms with Crippen LogP contribution in [0.3, 0.4) is 0 Å². The maximum Gasteiger partial charge on any atom is 0.247 e. The summed E-state index contributed by atoms with van der Waals surface area (Å²) in [7, 11) is 0. The lowest BCUT2D eigenvalue weighted by molar-refractivity contribution is -0.306. The summed E-state index contributed by atoms with van der Waals surface area (Å²) in [4.78, 5) is 19.6. The van der Waals surface area contributed by atoms with Crippen LogP contribution in [0.5, 0.6) is 0 Å². The third kappa shape index (κ3) is 10.4. The first-order valence-electron chi connectivity index (χ1n) is 8.11. The molecule has 0 saturated carbocycles. The lowest BCUT2D eigenvalue weighted by atomic mass is 10.1. The van der Waals surface area contributed by atoms with E-state index in [2.05, 4.69) is 9.88 Å². The molecule has 0 radical (unpaired) electrons. The zero-order chi connectivity index (χ0) is 18.7. The third-order valence-electron chi connectivity index (χ3n) is 3.06. The summed E-state index contributed by atoms with van der Waals surface area (Å²) in [6, 6.07) is 19.2.